The van der Waals surface area contributed by atoms with Gasteiger partial charge in [-0.3, -0.25) is 0 Å². The van der Waals surface area contributed by atoms with Crippen LogP contribution >= 0.6 is 0 Å². The van der Waals surface area contributed by atoms with Gasteiger partial charge >= 0.3 is 0 Å². The minimum atomic E-state index is -3.51. The van der Waals surface area contributed by atoms with Crippen molar-refractivity contribution in [1.82, 2.24) is 14.7 Å². The van der Waals surface area contributed by atoms with Crippen molar-refractivity contribution in [3.05, 3.63) is 35.5 Å². The van der Waals surface area contributed by atoms with Gasteiger partial charge < -0.3 is 11.1 Å². The molecule has 0 amide bonds. The number of anilines is 3. The molecule has 21 heavy (non-hydrogen) atoms. The molecule has 1 heterocycles. The number of nitrogens with one attached hydrogen (secondary N) is 2. The Morgan fingerprint density at radius 3 is 2.57 bits per heavy atom. The number of nitrogens with two attached hydrogens (primary N) is 1. The van der Waals surface area contributed by atoms with Crippen molar-refractivity contribution in [3.8, 4) is 0 Å². The SMILES string of the molecule is CNS(=O)(=O)c1cc(Nc2nc(N)ncc2C)ccc1C. The third-order valence-electron chi connectivity index (χ3n) is 3.00. The summed E-state index contributed by atoms with van der Waals surface area (Å²) in [6.45, 7) is 3.57. The molecule has 0 saturated heterocycles. The highest BCUT2D eigenvalue weighted by atomic mass is 32.2. The second kappa shape index (κ2) is 5.66. The van der Waals surface area contributed by atoms with Crippen LogP contribution in [0.15, 0.2) is 29.3 Å². The van der Waals surface area contributed by atoms with Crippen molar-refractivity contribution >= 4 is 27.5 Å². The minimum absolute atomic E-state index is 0.151. The molecule has 0 saturated carbocycles. The topological polar surface area (TPSA) is 110 Å². The van der Waals surface area contributed by atoms with Crippen LogP contribution in [0.3, 0.4) is 0 Å². The van der Waals surface area contributed by atoms with Crippen molar-refractivity contribution in [1.29, 1.82) is 0 Å². The van der Waals surface area contributed by atoms with Gasteiger partial charge in [-0.05, 0) is 38.6 Å². The first kappa shape index (κ1) is 15.2. The van der Waals surface area contributed by atoms with Gasteiger partial charge in [-0.15, -0.1) is 0 Å². The van der Waals surface area contributed by atoms with E-state index >= 15 is 0 Å². The fourth-order valence-electron chi connectivity index (χ4n) is 1.80. The molecule has 0 aliphatic rings. The molecular formula is C13H17N5O2S. The number of rotatable bonds is 4. The Labute approximate surface area is 123 Å². The number of nitrogen functional groups attached to an aromatic ring is 1. The molecule has 1 aromatic carbocycles. The lowest BCUT2D eigenvalue weighted by Gasteiger charge is -2.12. The number of aromatic nitrogens is 2. The lowest BCUT2D eigenvalue weighted by Crippen LogP contribution is -2.19. The molecule has 0 fully saturated rings. The summed E-state index contributed by atoms with van der Waals surface area (Å²) in [7, 11) is -2.13. The van der Waals surface area contributed by atoms with E-state index in [9.17, 15) is 8.42 Å². The van der Waals surface area contributed by atoms with E-state index in [0.29, 0.717) is 17.1 Å². The zero-order valence-corrected chi connectivity index (χ0v) is 12.8. The Hall–Kier alpha value is -2.19. The Kier molecular flexibility index (Phi) is 4.10. The summed E-state index contributed by atoms with van der Waals surface area (Å²) in [4.78, 5) is 8.20. The molecule has 0 bridgehead atoms. The van der Waals surface area contributed by atoms with Crippen LogP contribution in [0, 0.1) is 13.8 Å². The minimum Gasteiger partial charge on any atom is -0.368 e. The smallest absolute Gasteiger partial charge is 0.240 e. The summed E-state index contributed by atoms with van der Waals surface area (Å²) in [6, 6.07) is 5.06. The van der Waals surface area contributed by atoms with Crippen LogP contribution in [0.4, 0.5) is 17.5 Å². The Morgan fingerprint density at radius 2 is 1.90 bits per heavy atom. The van der Waals surface area contributed by atoms with Crippen molar-refractivity contribution < 1.29 is 8.42 Å². The van der Waals surface area contributed by atoms with E-state index in [1.54, 1.807) is 31.3 Å². The maximum Gasteiger partial charge on any atom is 0.240 e. The molecule has 0 spiro atoms. The van der Waals surface area contributed by atoms with Crippen LogP contribution in [0.1, 0.15) is 11.1 Å². The van der Waals surface area contributed by atoms with Crippen LogP contribution in [0.25, 0.3) is 0 Å². The fourth-order valence-corrected chi connectivity index (χ4v) is 2.79. The molecule has 4 N–H and O–H groups in total. The predicted molar refractivity (Wildman–Crippen MR) is 81.9 cm³/mol. The van der Waals surface area contributed by atoms with Gasteiger partial charge in [0.25, 0.3) is 0 Å². The summed E-state index contributed by atoms with van der Waals surface area (Å²) in [5.41, 5.74) is 7.63. The van der Waals surface area contributed by atoms with E-state index in [1.165, 1.54) is 7.05 Å². The van der Waals surface area contributed by atoms with Crippen LogP contribution < -0.4 is 15.8 Å². The second-order valence-electron chi connectivity index (χ2n) is 4.57. The Balaban J connectivity index is 2.43. The maximum atomic E-state index is 12.0. The molecule has 0 aliphatic heterocycles. The van der Waals surface area contributed by atoms with Crippen molar-refractivity contribution in [3.63, 3.8) is 0 Å². The van der Waals surface area contributed by atoms with Crippen LogP contribution in [-0.4, -0.2) is 25.4 Å². The molecule has 7 nitrogen and oxygen atoms in total. The molecule has 112 valence electrons. The molecule has 1 aromatic heterocycles. The predicted octanol–water partition coefficient (Wildman–Crippen LogP) is 1.33. The molecule has 8 heteroatoms. The quantitative estimate of drug-likeness (QED) is 0.786. The third-order valence-corrected chi connectivity index (χ3v) is 4.56. The van der Waals surface area contributed by atoms with E-state index in [0.717, 1.165) is 5.56 Å². The molecule has 0 unspecified atom stereocenters. The summed E-state index contributed by atoms with van der Waals surface area (Å²) in [6.07, 6.45) is 1.60. The zero-order valence-electron chi connectivity index (χ0n) is 12.0. The third kappa shape index (κ3) is 3.29. The lowest BCUT2D eigenvalue weighted by molar-refractivity contribution is 0.587. The average molecular weight is 307 g/mol. The summed E-state index contributed by atoms with van der Waals surface area (Å²) >= 11 is 0. The maximum absolute atomic E-state index is 12.0. The van der Waals surface area contributed by atoms with E-state index in [-0.39, 0.29) is 10.8 Å². The highest BCUT2D eigenvalue weighted by Crippen LogP contribution is 2.23. The summed E-state index contributed by atoms with van der Waals surface area (Å²) in [5.74, 6) is 0.692. The molecule has 0 atom stereocenters. The number of hydrogen-bond acceptors (Lipinski definition) is 6. The van der Waals surface area contributed by atoms with Gasteiger partial charge in [-0.1, -0.05) is 6.07 Å². The van der Waals surface area contributed by atoms with Crippen molar-refractivity contribution in [2.45, 2.75) is 18.7 Å². The standard InChI is InChI=1S/C13H17N5O2S/c1-8-4-5-10(6-11(8)21(19,20)15-3)17-12-9(2)7-16-13(14)18-12/h4-7,15H,1-3H3,(H3,14,16,17,18). The zero-order chi connectivity index (χ0) is 15.6. The van der Waals surface area contributed by atoms with Gasteiger partial charge in [0.2, 0.25) is 16.0 Å². The first-order valence-corrected chi connectivity index (χ1v) is 7.72. The summed E-state index contributed by atoms with van der Waals surface area (Å²) < 4.78 is 26.2. The Morgan fingerprint density at radius 1 is 1.19 bits per heavy atom. The van der Waals surface area contributed by atoms with Crippen LogP contribution in [0.5, 0.6) is 0 Å². The van der Waals surface area contributed by atoms with Gasteiger partial charge in [0.1, 0.15) is 5.82 Å². The van der Waals surface area contributed by atoms with Crippen LogP contribution in [0.2, 0.25) is 0 Å². The van der Waals surface area contributed by atoms with E-state index in [4.69, 9.17) is 5.73 Å². The molecule has 0 aliphatic carbocycles. The molecule has 2 aromatic rings. The summed E-state index contributed by atoms with van der Waals surface area (Å²) in [5, 5.41) is 3.05. The van der Waals surface area contributed by atoms with Gasteiger partial charge in [0, 0.05) is 17.4 Å². The largest absolute Gasteiger partial charge is 0.368 e. The number of hydrogen-bond donors (Lipinski definition) is 3. The van der Waals surface area contributed by atoms with Crippen LogP contribution in [-0.2, 0) is 10.0 Å². The fraction of sp³-hybridized carbons (Fsp3) is 0.231. The normalized spacial score (nSPS) is 11.4. The number of aryl methyl sites for hydroxylation is 2. The van der Waals surface area contributed by atoms with E-state index in [2.05, 4.69) is 20.0 Å². The molecular weight excluding hydrogens is 290 g/mol. The number of nitrogens with zero attached hydrogens (tertiary/aromatic N) is 2. The first-order chi connectivity index (χ1) is 9.83. The van der Waals surface area contributed by atoms with Gasteiger partial charge in [0.15, 0.2) is 0 Å². The molecule has 2 rings (SSSR count). The van der Waals surface area contributed by atoms with Crippen molar-refractivity contribution in [2.75, 3.05) is 18.1 Å². The second-order valence-corrected chi connectivity index (χ2v) is 6.43. The van der Waals surface area contributed by atoms with E-state index < -0.39 is 10.0 Å². The van der Waals surface area contributed by atoms with Crippen molar-refractivity contribution in [2.24, 2.45) is 0 Å². The lowest BCUT2D eigenvalue weighted by atomic mass is 10.2. The number of sulfonamides is 1. The first-order valence-electron chi connectivity index (χ1n) is 6.24. The molecule has 0 radical (unpaired) electrons. The highest BCUT2D eigenvalue weighted by molar-refractivity contribution is 7.89. The number of benzene rings is 1. The average Bonchev–Trinajstić information content (AvgIpc) is 2.44. The monoisotopic (exact) mass is 307 g/mol. The Bertz CT molecular complexity index is 774. The van der Waals surface area contributed by atoms with Gasteiger partial charge in [-0.2, -0.15) is 4.98 Å². The highest BCUT2D eigenvalue weighted by Gasteiger charge is 2.15. The van der Waals surface area contributed by atoms with Gasteiger partial charge in [0.05, 0.1) is 4.90 Å². The van der Waals surface area contributed by atoms with E-state index in [1.807, 2.05) is 6.92 Å². The van der Waals surface area contributed by atoms with Gasteiger partial charge in [-0.25, -0.2) is 18.1 Å².